The number of nitrogens with zero attached hydrogens (tertiary/aromatic N) is 1. The van der Waals surface area contributed by atoms with Crippen molar-refractivity contribution in [3.8, 4) is 0 Å². The molecule has 0 spiro atoms. The van der Waals surface area contributed by atoms with Gasteiger partial charge in [-0.05, 0) is 37.6 Å². The van der Waals surface area contributed by atoms with E-state index in [2.05, 4.69) is 0 Å². The van der Waals surface area contributed by atoms with E-state index in [0.717, 1.165) is 24.3 Å². The minimum absolute atomic E-state index is 0.101. The molecule has 1 aromatic rings. The molecule has 1 heterocycles. The van der Waals surface area contributed by atoms with Crippen LogP contribution in [0.4, 0.5) is 14.5 Å². The molecule has 1 aromatic carbocycles. The molecule has 0 saturated carbocycles. The third kappa shape index (κ3) is 3.39. The quantitative estimate of drug-likeness (QED) is 0.872. The molecule has 0 aromatic heterocycles. The summed E-state index contributed by atoms with van der Waals surface area (Å²) < 4.78 is 33.9. The van der Waals surface area contributed by atoms with E-state index in [4.69, 9.17) is 9.84 Å². The second-order valence-electron chi connectivity index (χ2n) is 5.52. The van der Waals surface area contributed by atoms with Crippen LogP contribution in [0.1, 0.15) is 19.4 Å². The van der Waals surface area contributed by atoms with E-state index in [0.29, 0.717) is 19.8 Å². The molecular formula is C15H17F2NO3. The van der Waals surface area contributed by atoms with Gasteiger partial charge in [-0.3, -0.25) is 0 Å². The minimum Gasteiger partial charge on any atom is -0.478 e. The number of halogens is 2. The first-order valence-corrected chi connectivity index (χ1v) is 6.57. The Morgan fingerprint density at radius 3 is 2.52 bits per heavy atom. The van der Waals surface area contributed by atoms with E-state index in [1.807, 2.05) is 13.8 Å². The normalized spacial score (nSPS) is 18.2. The molecule has 0 unspecified atom stereocenters. The maximum Gasteiger partial charge on any atom is 0.328 e. The zero-order chi connectivity index (χ0) is 15.6. The van der Waals surface area contributed by atoms with Crippen LogP contribution in [0.3, 0.4) is 0 Å². The lowest BCUT2D eigenvalue weighted by atomic mass is 10.0. The highest BCUT2D eigenvalue weighted by molar-refractivity contribution is 5.85. The van der Waals surface area contributed by atoms with E-state index >= 15 is 0 Å². The number of hydrogen-bond donors (Lipinski definition) is 1. The van der Waals surface area contributed by atoms with Gasteiger partial charge in [0.1, 0.15) is 17.3 Å². The van der Waals surface area contributed by atoms with Crippen molar-refractivity contribution in [2.75, 3.05) is 24.7 Å². The Bertz CT molecular complexity index is 561. The molecule has 21 heavy (non-hydrogen) atoms. The molecule has 0 aliphatic carbocycles. The molecule has 1 fully saturated rings. The number of rotatable bonds is 3. The first-order chi connectivity index (χ1) is 9.81. The Balaban J connectivity index is 2.39. The highest BCUT2D eigenvalue weighted by Crippen LogP contribution is 2.32. The molecule has 1 N–H and O–H groups in total. The molecule has 114 valence electrons. The summed E-state index contributed by atoms with van der Waals surface area (Å²) >= 11 is 0. The summed E-state index contributed by atoms with van der Waals surface area (Å²) in [5, 5.41) is 8.54. The number of carbonyl (C=O) groups is 1. The lowest BCUT2D eigenvalue weighted by Gasteiger charge is -2.43. The van der Waals surface area contributed by atoms with Gasteiger partial charge in [0, 0.05) is 12.6 Å². The monoisotopic (exact) mass is 297 g/mol. The highest BCUT2D eigenvalue weighted by atomic mass is 19.1. The fourth-order valence-electron chi connectivity index (χ4n) is 2.38. The van der Waals surface area contributed by atoms with Gasteiger partial charge in [0.15, 0.2) is 0 Å². The van der Waals surface area contributed by atoms with Crippen molar-refractivity contribution < 1.29 is 23.4 Å². The van der Waals surface area contributed by atoms with E-state index in [9.17, 15) is 13.6 Å². The second kappa shape index (κ2) is 5.81. The van der Waals surface area contributed by atoms with Crippen molar-refractivity contribution in [3.63, 3.8) is 0 Å². The van der Waals surface area contributed by atoms with Crippen LogP contribution in [-0.4, -0.2) is 36.4 Å². The van der Waals surface area contributed by atoms with Gasteiger partial charge in [0.2, 0.25) is 0 Å². The summed E-state index contributed by atoms with van der Waals surface area (Å²) in [6.07, 6.45) is 2.00. The number of carboxylic acid groups (broad SMARTS) is 1. The molecule has 2 rings (SSSR count). The van der Waals surface area contributed by atoms with Crippen LogP contribution >= 0.6 is 0 Å². The molecule has 1 aliphatic rings. The average Bonchev–Trinajstić information content (AvgIpc) is 2.37. The van der Waals surface area contributed by atoms with Crippen molar-refractivity contribution in [2.24, 2.45) is 0 Å². The van der Waals surface area contributed by atoms with Crippen LogP contribution < -0.4 is 4.90 Å². The molecule has 0 bridgehead atoms. The Kier molecular flexibility index (Phi) is 4.27. The Labute approximate surface area is 121 Å². The van der Waals surface area contributed by atoms with E-state index in [1.165, 1.54) is 0 Å². The Morgan fingerprint density at radius 1 is 1.38 bits per heavy atom. The van der Waals surface area contributed by atoms with Gasteiger partial charge >= 0.3 is 5.97 Å². The topological polar surface area (TPSA) is 49.8 Å². The third-order valence-corrected chi connectivity index (χ3v) is 3.37. The van der Waals surface area contributed by atoms with Crippen LogP contribution in [0.25, 0.3) is 6.08 Å². The SMILES string of the molecule is CC1(C)COCCN1c1c(F)cc(C=CC(=O)O)cc1F. The molecule has 0 radical (unpaired) electrons. The number of carboxylic acids is 1. The maximum absolute atomic E-state index is 14.3. The van der Waals surface area contributed by atoms with Gasteiger partial charge in [-0.25, -0.2) is 13.6 Å². The van der Waals surface area contributed by atoms with E-state index in [-0.39, 0.29) is 11.3 Å². The third-order valence-electron chi connectivity index (χ3n) is 3.37. The second-order valence-corrected chi connectivity index (χ2v) is 5.52. The van der Waals surface area contributed by atoms with Crippen molar-refractivity contribution >= 4 is 17.7 Å². The van der Waals surface area contributed by atoms with Gasteiger partial charge in [0.25, 0.3) is 0 Å². The van der Waals surface area contributed by atoms with Gasteiger partial charge < -0.3 is 14.7 Å². The summed E-state index contributed by atoms with van der Waals surface area (Å²) in [5.41, 5.74) is -0.448. The van der Waals surface area contributed by atoms with Crippen LogP contribution in [0.15, 0.2) is 18.2 Å². The number of morpholine rings is 1. The lowest BCUT2D eigenvalue weighted by Crippen LogP contribution is -2.53. The van der Waals surface area contributed by atoms with Gasteiger partial charge in [-0.2, -0.15) is 0 Å². The number of ether oxygens (including phenoxy) is 1. The van der Waals surface area contributed by atoms with Gasteiger partial charge in [-0.15, -0.1) is 0 Å². The molecule has 6 heteroatoms. The molecule has 4 nitrogen and oxygen atoms in total. The van der Waals surface area contributed by atoms with E-state index < -0.39 is 23.1 Å². The van der Waals surface area contributed by atoms with Crippen molar-refractivity contribution in [1.29, 1.82) is 0 Å². The summed E-state index contributed by atoms with van der Waals surface area (Å²) in [6, 6.07) is 2.26. The molecule has 0 amide bonds. The van der Waals surface area contributed by atoms with Crippen molar-refractivity contribution in [1.82, 2.24) is 0 Å². The summed E-state index contributed by atoms with van der Waals surface area (Å²) in [7, 11) is 0. The molecule has 1 aliphatic heterocycles. The van der Waals surface area contributed by atoms with Gasteiger partial charge in [-0.1, -0.05) is 0 Å². The zero-order valence-corrected chi connectivity index (χ0v) is 11.9. The van der Waals surface area contributed by atoms with Crippen LogP contribution in [-0.2, 0) is 9.53 Å². The van der Waals surface area contributed by atoms with E-state index in [1.54, 1.807) is 4.90 Å². The first-order valence-electron chi connectivity index (χ1n) is 6.57. The predicted octanol–water partition coefficient (Wildman–Crippen LogP) is 2.68. The first kappa shape index (κ1) is 15.4. The summed E-state index contributed by atoms with van der Waals surface area (Å²) in [6.45, 7) is 4.88. The minimum atomic E-state index is -1.17. The van der Waals surface area contributed by atoms with Crippen molar-refractivity contribution in [2.45, 2.75) is 19.4 Å². The molecule has 0 atom stereocenters. The summed E-state index contributed by atoms with van der Waals surface area (Å²) in [4.78, 5) is 12.1. The Morgan fingerprint density at radius 2 is 2.00 bits per heavy atom. The number of anilines is 1. The van der Waals surface area contributed by atoms with Crippen LogP contribution in [0, 0.1) is 11.6 Å². The van der Waals surface area contributed by atoms with Gasteiger partial charge in [0.05, 0.1) is 18.8 Å². The Hall–Kier alpha value is -1.95. The van der Waals surface area contributed by atoms with Crippen LogP contribution in [0.5, 0.6) is 0 Å². The predicted molar refractivity (Wildman–Crippen MR) is 75.3 cm³/mol. The number of benzene rings is 1. The summed E-state index contributed by atoms with van der Waals surface area (Å²) in [5.74, 6) is -2.60. The average molecular weight is 297 g/mol. The van der Waals surface area contributed by atoms with Crippen molar-refractivity contribution in [3.05, 3.63) is 35.4 Å². The highest BCUT2D eigenvalue weighted by Gasteiger charge is 2.34. The van der Waals surface area contributed by atoms with Crippen LogP contribution in [0.2, 0.25) is 0 Å². The standard InChI is InChI=1S/C15H17F2NO3/c1-15(2)9-21-6-5-18(15)14-11(16)7-10(8-12(14)17)3-4-13(19)20/h3-4,7-8H,5-6,9H2,1-2H3,(H,19,20). The fourth-order valence-corrected chi connectivity index (χ4v) is 2.38. The lowest BCUT2D eigenvalue weighted by molar-refractivity contribution is -0.131. The molecule has 1 saturated heterocycles. The number of aliphatic carboxylic acids is 1. The zero-order valence-electron chi connectivity index (χ0n) is 11.9. The fraction of sp³-hybridized carbons (Fsp3) is 0.400. The maximum atomic E-state index is 14.3. The largest absolute Gasteiger partial charge is 0.478 e. The smallest absolute Gasteiger partial charge is 0.328 e. The molecular weight excluding hydrogens is 280 g/mol. The number of hydrogen-bond acceptors (Lipinski definition) is 3.